The second kappa shape index (κ2) is 15.7. The van der Waals surface area contributed by atoms with Crippen molar-refractivity contribution in [3.63, 3.8) is 0 Å². The molecule has 0 unspecified atom stereocenters. The van der Waals surface area contributed by atoms with Gasteiger partial charge < -0.3 is 19.3 Å². The minimum atomic E-state index is -4.39. The quantitative estimate of drug-likeness (QED) is 0.136. The molecule has 1 saturated heterocycles. The van der Waals surface area contributed by atoms with Crippen LogP contribution in [-0.4, -0.2) is 68.5 Å². The average molecular weight is 770 g/mol. The van der Waals surface area contributed by atoms with Crippen LogP contribution in [0.4, 0.5) is 0 Å². The Morgan fingerprint density at radius 1 is 0.833 bits per heavy atom. The number of aryl methyl sites for hydroxylation is 2. The summed E-state index contributed by atoms with van der Waals surface area (Å²) in [4.78, 5) is 29.3. The SMILES string of the molecule is Cc1ccc(S(=O)(=O)OC[C@]2(COC(C)(C)C)O[C@](n3cc(C)c(=O)[nH]c3=O)([Si](c3ccccc3)c3ccccc3)[C@H](O)[C@@H]2OCc2ccccc2)cc1. The van der Waals surface area contributed by atoms with E-state index in [2.05, 4.69) is 4.98 Å². The number of hydrogen-bond acceptors (Lipinski definition) is 9. The molecule has 6 rings (SSSR count). The fourth-order valence-corrected chi connectivity index (χ4v) is 10.9. The normalized spacial score (nSPS) is 21.8. The third-order valence-electron chi connectivity index (χ3n) is 9.32. The molecule has 2 N–H and O–H groups in total. The number of aromatic amines is 1. The summed E-state index contributed by atoms with van der Waals surface area (Å²) in [6.07, 6.45) is -1.63. The number of benzene rings is 4. The van der Waals surface area contributed by atoms with E-state index in [9.17, 15) is 23.1 Å². The molecule has 2 heterocycles. The van der Waals surface area contributed by atoms with Crippen molar-refractivity contribution in [2.24, 2.45) is 0 Å². The molecule has 1 fully saturated rings. The Balaban J connectivity index is 1.63. The molecule has 0 bridgehead atoms. The van der Waals surface area contributed by atoms with Crippen LogP contribution in [0, 0.1) is 13.8 Å². The lowest BCUT2D eigenvalue weighted by molar-refractivity contribution is -0.197. The number of aliphatic hydroxyl groups is 1. The van der Waals surface area contributed by atoms with Crippen molar-refractivity contribution in [2.75, 3.05) is 13.2 Å². The zero-order valence-electron chi connectivity index (χ0n) is 30.9. The van der Waals surface area contributed by atoms with Crippen molar-refractivity contribution in [2.45, 2.75) is 74.9 Å². The zero-order chi connectivity index (χ0) is 38.7. The first-order chi connectivity index (χ1) is 25.7. The molecule has 11 nitrogen and oxygen atoms in total. The third-order valence-corrected chi connectivity index (χ3v) is 13.8. The lowest BCUT2D eigenvalue weighted by Gasteiger charge is -2.41. The molecule has 13 heteroatoms. The van der Waals surface area contributed by atoms with Gasteiger partial charge in [0.2, 0.25) is 0 Å². The number of aromatic nitrogens is 2. The van der Waals surface area contributed by atoms with Crippen molar-refractivity contribution >= 4 is 29.3 Å². The Labute approximate surface area is 316 Å². The molecule has 4 atom stereocenters. The van der Waals surface area contributed by atoms with Crippen LogP contribution in [0.2, 0.25) is 0 Å². The molecule has 0 amide bonds. The van der Waals surface area contributed by atoms with Gasteiger partial charge in [-0.1, -0.05) is 119 Å². The van der Waals surface area contributed by atoms with Crippen LogP contribution >= 0.6 is 0 Å². The van der Waals surface area contributed by atoms with Gasteiger partial charge in [-0.2, -0.15) is 8.42 Å². The Hall–Kier alpha value is -4.47. The van der Waals surface area contributed by atoms with E-state index < -0.39 is 65.5 Å². The van der Waals surface area contributed by atoms with Crippen molar-refractivity contribution in [1.29, 1.82) is 0 Å². The summed E-state index contributed by atoms with van der Waals surface area (Å²) in [5, 5.41) is 12.6. The van der Waals surface area contributed by atoms with Crippen molar-refractivity contribution < 1.29 is 31.9 Å². The molecule has 0 saturated carbocycles. The van der Waals surface area contributed by atoms with Gasteiger partial charge in [-0.25, -0.2) is 4.79 Å². The summed E-state index contributed by atoms with van der Waals surface area (Å²) in [5.74, 6) is 0. The first-order valence-corrected chi connectivity index (χ1v) is 20.5. The summed E-state index contributed by atoms with van der Waals surface area (Å²) >= 11 is 0. The molecular formula is C41H45N2O9SSi. The molecule has 0 spiro atoms. The minimum absolute atomic E-state index is 0.0116. The largest absolute Gasteiger partial charge is 0.386 e. The highest BCUT2D eigenvalue weighted by Gasteiger charge is 2.69. The van der Waals surface area contributed by atoms with Gasteiger partial charge in [0, 0.05) is 11.8 Å². The van der Waals surface area contributed by atoms with Gasteiger partial charge in [-0.05, 0) is 52.3 Å². The van der Waals surface area contributed by atoms with Gasteiger partial charge in [-0.3, -0.25) is 18.5 Å². The van der Waals surface area contributed by atoms with E-state index in [4.69, 9.17) is 18.4 Å². The lowest BCUT2D eigenvalue weighted by Crippen LogP contribution is -2.69. The fourth-order valence-electron chi connectivity index (χ4n) is 6.59. The van der Waals surface area contributed by atoms with Crippen LogP contribution in [-0.2, 0) is 40.5 Å². The molecule has 283 valence electrons. The van der Waals surface area contributed by atoms with E-state index in [0.717, 1.165) is 21.5 Å². The van der Waals surface area contributed by atoms with E-state index in [-0.39, 0.29) is 23.7 Å². The second-order valence-corrected chi connectivity index (χ2v) is 18.7. The summed E-state index contributed by atoms with van der Waals surface area (Å²) in [6.45, 7) is 7.92. The molecule has 0 aliphatic carbocycles. The average Bonchev–Trinajstić information content (AvgIpc) is 3.39. The number of ether oxygens (including phenoxy) is 3. The highest BCUT2D eigenvalue weighted by molar-refractivity contribution is 7.86. The van der Waals surface area contributed by atoms with E-state index in [0.29, 0.717) is 0 Å². The zero-order valence-corrected chi connectivity index (χ0v) is 32.7. The molecule has 1 aliphatic heterocycles. The van der Waals surface area contributed by atoms with Gasteiger partial charge in [-0.15, -0.1) is 0 Å². The third kappa shape index (κ3) is 8.13. The summed E-state index contributed by atoms with van der Waals surface area (Å²) in [7, 11) is -6.90. The Kier molecular flexibility index (Phi) is 11.4. The summed E-state index contributed by atoms with van der Waals surface area (Å²) < 4.78 is 55.2. The summed E-state index contributed by atoms with van der Waals surface area (Å²) in [5.41, 5.74) is -2.23. The standard InChI is InChI=1S/C41H45N2O9SSi/c1-29-21-23-32(24-22-29)53(47,48)51-28-40(27-50-39(3,4)5)36(49-26-31-15-9-6-10-16-31)35(44)41(52-40,43-25-30(2)37(45)42-38(43)46)54(33-17-11-7-12-18-33)34-19-13-8-14-20-34/h6-25,35-36,44H,26-28H2,1-5H3,(H,42,45,46)/t35-,36+,40+,41+/m1/s1. The van der Waals surface area contributed by atoms with E-state index >= 15 is 0 Å². The number of rotatable bonds is 13. The predicted octanol–water partition coefficient (Wildman–Crippen LogP) is 3.59. The van der Waals surface area contributed by atoms with Crippen LogP contribution in [0.3, 0.4) is 0 Å². The maximum Gasteiger partial charge on any atom is 0.330 e. The number of aliphatic hydroxyl groups excluding tert-OH is 1. The predicted molar refractivity (Wildman–Crippen MR) is 207 cm³/mol. The van der Waals surface area contributed by atoms with Gasteiger partial charge >= 0.3 is 5.69 Å². The van der Waals surface area contributed by atoms with Crippen LogP contribution in [0.1, 0.15) is 37.5 Å². The molecule has 5 aromatic rings. The monoisotopic (exact) mass is 769 g/mol. The summed E-state index contributed by atoms with van der Waals surface area (Å²) in [6, 6.07) is 34.3. The number of nitrogens with one attached hydrogen (secondary N) is 1. The van der Waals surface area contributed by atoms with Crippen molar-refractivity contribution in [3.05, 3.63) is 159 Å². The van der Waals surface area contributed by atoms with Gasteiger partial charge in [0.05, 0.1) is 23.7 Å². The Morgan fingerprint density at radius 2 is 1.39 bits per heavy atom. The number of nitrogens with zero attached hydrogens (tertiary/aromatic N) is 1. The molecular weight excluding hydrogens is 725 g/mol. The first kappa shape index (κ1) is 39.2. The first-order valence-electron chi connectivity index (χ1n) is 17.6. The highest BCUT2D eigenvalue weighted by atomic mass is 32.2. The maximum atomic E-state index is 14.2. The topological polar surface area (TPSA) is 146 Å². The van der Waals surface area contributed by atoms with E-state index in [1.165, 1.54) is 22.9 Å². The van der Waals surface area contributed by atoms with Crippen LogP contribution in [0.15, 0.2) is 136 Å². The Morgan fingerprint density at radius 3 is 1.94 bits per heavy atom. The maximum absolute atomic E-state index is 14.2. The van der Waals surface area contributed by atoms with Crippen LogP contribution in [0.5, 0.6) is 0 Å². The molecule has 4 aromatic carbocycles. The van der Waals surface area contributed by atoms with Crippen LogP contribution in [0.25, 0.3) is 0 Å². The van der Waals surface area contributed by atoms with Crippen molar-refractivity contribution in [3.8, 4) is 0 Å². The highest BCUT2D eigenvalue weighted by Crippen LogP contribution is 2.46. The lowest BCUT2D eigenvalue weighted by atomic mass is 9.96. The van der Waals surface area contributed by atoms with E-state index in [1.807, 2.05) is 119 Å². The smallest absolute Gasteiger partial charge is 0.330 e. The molecule has 1 aromatic heterocycles. The second-order valence-electron chi connectivity index (χ2n) is 14.5. The van der Waals surface area contributed by atoms with Gasteiger partial charge in [0.1, 0.15) is 24.4 Å². The Bertz CT molecular complexity index is 2220. The fraction of sp³-hybridized carbons (Fsp3) is 0.317. The number of hydrogen-bond donors (Lipinski definition) is 2. The van der Waals surface area contributed by atoms with Gasteiger partial charge in [0.15, 0.2) is 14.1 Å². The minimum Gasteiger partial charge on any atom is -0.386 e. The van der Waals surface area contributed by atoms with Gasteiger partial charge in [0.25, 0.3) is 15.7 Å². The molecule has 54 heavy (non-hydrogen) atoms. The molecule has 1 radical (unpaired) electrons. The van der Waals surface area contributed by atoms with E-state index in [1.54, 1.807) is 19.1 Å². The van der Waals surface area contributed by atoms with Crippen molar-refractivity contribution in [1.82, 2.24) is 9.55 Å². The number of H-pyrrole nitrogens is 1. The van der Waals surface area contributed by atoms with Crippen LogP contribution < -0.4 is 21.6 Å². The molecule has 1 aliphatic rings.